The maximum atomic E-state index is 6.05. The first kappa shape index (κ1) is 16.1. The third kappa shape index (κ3) is 3.53. The van der Waals surface area contributed by atoms with Crippen molar-refractivity contribution in [2.45, 2.75) is 19.5 Å². The third-order valence-corrected chi connectivity index (χ3v) is 3.62. The lowest BCUT2D eigenvalue weighted by molar-refractivity contribution is 0.303. The van der Waals surface area contributed by atoms with Gasteiger partial charge < -0.3 is 15.2 Å². The molecule has 2 atom stereocenters. The molecule has 0 aliphatic carbocycles. The predicted octanol–water partition coefficient (Wildman–Crippen LogP) is 1.90. The molecule has 0 amide bonds. The van der Waals surface area contributed by atoms with E-state index in [2.05, 4.69) is 17.9 Å². The van der Waals surface area contributed by atoms with E-state index in [1.807, 2.05) is 12.1 Å². The van der Waals surface area contributed by atoms with Gasteiger partial charge in [-0.1, -0.05) is 19.1 Å². The second kappa shape index (κ2) is 6.98. The van der Waals surface area contributed by atoms with E-state index in [9.17, 15) is 0 Å². The van der Waals surface area contributed by atoms with Gasteiger partial charge in [0.05, 0.1) is 14.2 Å². The summed E-state index contributed by atoms with van der Waals surface area (Å²) < 4.78 is 10.8. The van der Waals surface area contributed by atoms with Crippen molar-refractivity contribution in [2.75, 3.05) is 27.3 Å². The fourth-order valence-corrected chi connectivity index (χ4v) is 2.54. The monoisotopic (exact) mass is 286 g/mol. The summed E-state index contributed by atoms with van der Waals surface area (Å²) >= 11 is 0. The summed E-state index contributed by atoms with van der Waals surface area (Å²) in [5.41, 5.74) is 7.20. The standard InChI is InChI=1S/C14H22N2O2.ClH/c1-10-7-16(9-12(10)15)8-11-5-4-6-13(17-2)14(11)18-3;/h4-6,10,12H,7-9,15H2,1-3H3;1H. The van der Waals surface area contributed by atoms with Gasteiger partial charge in [0.2, 0.25) is 0 Å². The van der Waals surface area contributed by atoms with Crippen LogP contribution in [0.4, 0.5) is 0 Å². The van der Waals surface area contributed by atoms with E-state index in [1.165, 1.54) is 0 Å². The maximum Gasteiger partial charge on any atom is 0.165 e. The van der Waals surface area contributed by atoms with Crippen LogP contribution < -0.4 is 15.2 Å². The first-order valence-electron chi connectivity index (χ1n) is 6.33. The Labute approximate surface area is 121 Å². The van der Waals surface area contributed by atoms with E-state index in [0.29, 0.717) is 5.92 Å². The number of methoxy groups -OCH3 is 2. The lowest BCUT2D eigenvalue weighted by Crippen LogP contribution is -2.28. The number of para-hydroxylation sites is 1. The molecular formula is C14H23ClN2O2. The molecule has 2 unspecified atom stereocenters. The van der Waals surface area contributed by atoms with E-state index >= 15 is 0 Å². The molecule has 1 aliphatic rings. The van der Waals surface area contributed by atoms with Crippen LogP contribution in [0.2, 0.25) is 0 Å². The van der Waals surface area contributed by atoms with Crippen molar-refractivity contribution >= 4 is 12.4 Å². The number of halogens is 1. The van der Waals surface area contributed by atoms with E-state index in [0.717, 1.165) is 36.7 Å². The molecule has 0 saturated carbocycles. The smallest absolute Gasteiger partial charge is 0.165 e. The Morgan fingerprint density at radius 1 is 1.26 bits per heavy atom. The Bertz CT molecular complexity index is 404. The summed E-state index contributed by atoms with van der Waals surface area (Å²) in [6.07, 6.45) is 0. The van der Waals surface area contributed by atoms with Crippen molar-refractivity contribution in [1.29, 1.82) is 0 Å². The summed E-state index contributed by atoms with van der Waals surface area (Å²) in [7, 11) is 3.34. The zero-order valence-electron chi connectivity index (χ0n) is 11.8. The van der Waals surface area contributed by atoms with Gasteiger partial charge in [0.15, 0.2) is 11.5 Å². The van der Waals surface area contributed by atoms with Gasteiger partial charge >= 0.3 is 0 Å². The average molecular weight is 287 g/mol. The summed E-state index contributed by atoms with van der Waals surface area (Å²) in [4.78, 5) is 2.37. The Morgan fingerprint density at radius 2 is 2.00 bits per heavy atom. The second-order valence-electron chi connectivity index (χ2n) is 4.99. The Morgan fingerprint density at radius 3 is 2.53 bits per heavy atom. The van der Waals surface area contributed by atoms with Crippen LogP contribution in [-0.4, -0.2) is 38.3 Å². The molecule has 5 heteroatoms. The van der Waals surface area contributed by atoms with Gasteiger partial charge in [0, 0.05) is 31.2 Å². The highest BCUT2D eigenvalue weighted by Gasteiger charge is 2.27. The Hall–Kier alpha value is -0.970. The fraction of sp³-hybridized carbons (Fsp3) is 0.571. The number of likely N-dealkylation sites (tertiary alicyclic amines) is 1. The summed E-state index contributed by atoms with van der Waals surface area (Å²) in [5, 5.41) is 0. The Balaban J connectivity index is 0.00000180. The van der Waals surface area contributed by atoms with E-state index in [-0.39, 0.29) is 18.4 Å². The molecule has 1 aromatic carbocycles. The van der Waals surface area contributed by atoms with Crippen molar-refractivity contribution in [3.8, 4) is 11.5 Å². The first-order chi connectivity index (χ1) is 8.65. The highest BCUT2D eigenvalue weighted by Crippen LogP contribution is 2.32. The quantitative estimate of drug-likeness (QED) is 0.918. The molecule has 2 rings (SSSR count). The number of nitrogens with two attached hydrogens (primary N) is 1. The van der Waals surface area contributed by atoms with Crippen LogP contribution in [0, 0.1) is 5.92 Å². The SMILES string of the molecule is COc1cccc(CN2CC(C)C(N)C2)c1OC.Cl. The van der Waals surface area contributed by atoms with Crippen molar-refractivity contribution in [2.24, 2.45) is 11.7 Å². The molecule has 0 spiro atoms. The van der Waals surface area contributed by atoms with Gasteiger partial charge in [0.25, 0.3) is 0 Å². The molecule has 0 radical (unpaired) electrons. The number of ether oxygens (including phenoxy) is 2. The van der Waals surface area contributed by atoms with Crippen molar-refractivity contribution in [1.82, 2.24) is 4.90 Å². The summed E-state index contributed by atoms with van der Waals surface area (Å²) in [5.74, 6) is 2.17. The van der Waals surface area contributed by atoms with Crippen molar-refractivity contribution in [3.05, 3.63) is 23.8 Å². The van der Waals surface area contributed by atoms with Crippen LogP contribution in [0.3, 0.4) is 0 Å². The average Bonchev–Trinajstić information content (AvgIpc) is 2.68. The number of rotatable bonds is 4. The highest BCUT2D eigenvalue weighted by atomic mass is 35.5. The molecule has 1 fully saturated rings. The third-order valence-electron chi connectivity index (χ3n) is 3.62. The number of hydrogen-bond donors (Lipinski definition) is 1. The molecule has 1 aliphatic heterocycles. The molecule has 4 nitrogen and oxygen atoms in total. The summed E-state index contributed by atoms with van der Waals surface area (Å²) in [6.45, 7) is 5.05. The van der Waals surface area contributed by atoms with Gasteiger partial charge in [-0.15, -0.1) is 12.4 Å². The number of nitrogens with zero attached hydrogens (tertiary/aromatic N) is 1. The van der Waals surface area contributed by atoms with Crippen LogP contribution in [0.25, 0.3) is 0 Å². The first-order valence-corrected chi connectivity index (χ1v) is 6.33. The van der Waals surface area contributed by atoms with E-state index in [4.69, 9.17) is 15.2 Å². The van der Waals surface area contributed by atoms with Crippen molar-refractivity contribution in [3.63, 3.8) is 0 Å². The molecule has 108 valence electrons. The van der Waals surface area contributed by atoms with Gasteiger partial charge in [-0.25, -0.2) is 0 Å². The van der Waals surface area contributed by atoms with Crippen LogP contribution in [0.15, 0.2) is 18.2 Å². The van der Waals surface area contributed by atoms with Crippen LogP contribution in [-0.2, 0) is 6.54 Å². The van der Waals surface area contributed by atoms with Gasteiger partial charge in [-0.05, 0) is 12.0 Å². The zero-order valence-corrected chi connectivity index (χ0v) is 12.6. The van der Waals surface area contributed by atoms with Crippen LogP contribution >= 0.6 is 12.4 Å². The van der Waals surface area contributed by atoms with Gasteiger partial charge in [0.1, 0.15) is 0 Å². The molecule has 1 heterocycles. The van der Waals surface area contributed by atoms with Gasteiger partial charge in [-0.2, -0.15) is 0 Å². The minimum Gasteiger partial charge on any atom is -0.493 e. The lowest BCUT2D eigenvalue weighted by Gasteiger charge is -2.18. The van der Waals surface area contributed by atoms with Gasteiger partial charge in [-0.3, -0.25) is 4.90 Å². The van der Waals surface area contributed by atoms with Crippen LogP contribution in [0.5, 0.6) is 11.5 Å². The molecule has 0 aromatic heterocycles. The fourth-order valence-electron chi connectivity index (χ4n) is 2.54. The van der Waals surface area contributed by atoms with Crippen LogP contribution in [0.1, 0.15) is 12.5 Å². The normalized spacial score (nSPS) is 22.9. The number of benzene rings is 1. The minimum atomic E-state index is 0. The molecule has 19 heavy (non-hydrogen) atoms. The maximum absolute atomic E-state index is 6.05. The van der Waals surface area contributed by atoms with E-state index in [1.54, 1.807) is 14.2 Å². The molecule has 2 N–H and O–H groups in total. The van der Waals surface area contributed by atoms with Crippen molar-refractivity contribution < 1.29 is 9.47 Å². The molecule has 1 aromatic rings. The topological polar surface area (TPSA) is 47.7 Å². The Kier molecular flexibility index (Phi) is 5.91. The van der Waals surface area contributed by atoms with E-state index < -0.39 is 0 Å². The number of hydrogen-bond acceptors (Lipinski definition) is 4. The zero-order chi connectivity index (χ0) is 13.1. The predicted molar refractivity (Wildman–Crippen MR) is 79.2 cm³/mol. The highest BCUT2D eigenvalue weighted by molar-refractivity contribution is 5.85. The second-order valence-corrected chi connectivity index (χ2v) is 4.99. The molecule has 1 saturated heterocycles. The molecule has 0 bridgehead atoms. The minimum absolute atomic E-state index is 0. The summed E-state index contributed by atoms with van der Waals surface area (Å²) in [6, 6.07) is 6.27. The largest absolute Gasteiger partial charge is 0.493 e. The molecular weight excluding hydrogens is 264 g/mol. The lowest BCUT2D eigenvalue weighted by atomic mass is 10.1.